The molecule has 1 saturated carbocycles. The van der Waals surface area contributed by atoms with Crippen LogP contribution in [-0.2, 0) is 4.79 Å². The first kappa shape index (κ1) is 18.2. The molecule has 4 rings (SSSR count). The van der Waals surface area contributed by atoms with Crippen molar-refractivity contribution in [2.45, 2.75) is 36.1 Å². The maximum Gasteiger partial charge on any atom is 0.196 e. The minimum absolute atomic E-state index is 0.174. The average molecular weight is 402 g/mol. The fourth-order valence-electron chi connectivity index (χ4n) is 3.22. The number of aromatic nitrogens is 3. The molecule has 1 heterocycles. The van der Waals surface area contributed by atoms with E-state index < -0.39 is 0 Å². The van der Waals surface area contributed by atoms with Crippen LogP contribution < -0.4 is 0 Å². The van der Waals surface area contributed by atoms with Gasteiger partial charge in [0.2, 0.25) is 0 Å². The van der Waals surface area contributed by atoms with E-state index in [9.17, 15) is 9.18 Å². The second-order valence-electron chi connectivity index (χ2n) is 6.39. The Hall–Kier alpha value is -2.18. The maximum absolute atomic E-state index is 14.6. The smallest absolute Gasteiger partial charge is 0.196 e. The van der Waals surface area contributed by atoms with Gasteiger partial charge in [-0.05, 0) is 37.1 Å². The van der Waals surface area contributed by atoms with Crippen LogP contribution in [0.5, 0.6) is 0 Å². The molecule has 27 heavy (non-hydrogen) atoms. The van der Waals surface area contributed by atoms with Gasteiger partial charge in [-0.2, -0.15) is 0 Å². The molecule has 7 heteroatoms. The molecule has 1 atom stereocenters. The largest absolute Gasteiger partial charge is 0.298 e. The molecule has 0 unspecified atom stereocenters. The highest BCUT2D eigenvalue weighted by atomic mass is 35.5. The second-order valence-corrected chi connectivity index (χ2v) is 7.97. The molecule has 2 aromatic carbocycles. The van der Waals surface area contributed by atoms with E-state index in [1.807, 2.05) is 18.2 Å². The number of ketones is 1. The van der Waals surface area contributed by atoms with Crippen molar-refractivity contribution >= 4 is 29.1 Å². The van der Waals surface area contributed by atoms with Crippen molar-refractivity contribution in [3.8, 4) is 17.1 Å². The molecule has 0 aliphatic heterocycles. The van der Waals surface area contributed by atoms with Gasteiger partial charge in [-0.25, -0.2) is 4.39 Å². The van der Waals surface area contributed by atoms with E-state index in [4.69, 9.17) is 11.6 Å². The van der Waals surface area contributed by atoms with Gasteiger partial charge in [0.1, 0.15) is 11.6 Å². The maximum atomic E-state index is 14.6. The van der Waals surface area contributed by atoms with Crippen molar-refractivity contribution in [3.05, 3.63) is 59.4 Å². The Morgan fingerprint density at radius 3 is 2.63 bits per heavy atom. The zero-order chi connectivity index (χ0) is 18.8. The second kappa shape index (κ2) is 7.82. The third-order valence-corrected chi connectivity index (χ3v) is 6.18. The first-order valence-electron chi connectivity index (χ1n) is 8.80. The van der Waals surface area contributed by atoms with Gasteiger partial charge >= 0.3 is 0 Å². The summed E-state index contributed by atoms with van der Waals surface area (Å²) in [6.07, 6.45) is 3.33. The number of nitrogens with zero attached hydrogens (tertiary/aromatic N) is 3. The lowest BCUT2D eigenvalue weighted by Gasteiger charge is -2.20. The number of benzene rings is 2. The van der Waals surface area contributed by atoms with Crippen LogP contribution in [0.4, 0.5) is 4.39 Å². The van der Waals surface area contributed by atoms with Gasteiger partial charge < -0.3 is 0 Å². The van der Waals surface area contributed by atoms with Crippen molar-refractivity contribution < 1.29 is 9.18 Å². The molecule has 0 saturated heterocycles. The van der Waals surface area contributed by atoms with Crippen molar-refractivity contribution in [2.75, 3.05) is 0 Å². The Balaban J connectivity index is 1.84. The van der Waals surface area contributed by atoms with Gasteiger partial charge in [-0.15, -0.1) is 10.2 Å². The number of hydrogen-bond donors (Lipinski definition) is 0. The van der Waals surface area contributed by atoms with Crippen LogP contribution in [0.1, 0.15) is 25.7 Å². The molecular formula is C20H17ClFN3OS. The van der Waals surface area contributed by atoms with Gasteiger partial charge in [-0.3, -0.25) is 9.36 Å². The molecule has 138 valence electrons. The van der Waals surface area contributed by atoms with Crippen LogP contribution >= 0.6 is 23.4 Å². The molecule has 1 aliphatic rings. The molecule has 3 aromatic rings. The summed E-state index contributed by atoms with van der Waals surface area (Å²) in [5.74, 6) is 0.285. The number of para-hydroxylation sites is 1. The number of thioether (sulfide) groups is 1. The lowest BCUT2D eigenvalue weighted by atomic mass is 9.99. The molecule has 1 aliphatic carbocycles. The van der Waals surface area contributed by atoms with Gasteiger partial charge in [0, 0.05) is 12.0 Å². The number of hydrogen-bond acceptors (Lipinski definition) is 4. The molecule has 1 aromatic heterocycles. The molecule has 1 fully saturated rings. The average Bonchev–Trinajstić information content (AvgIpc) is 3.07. The van der Waals surface area contributed by atoms with Gasteiger partial charge in [0.25, 0.3) is 0 Å². The molecule has 0 spiro atoms. The summed E-state index contributed by atoms with van der Waals surface area (Å²) in [5, 5.41) is 9.39. The SMILES string of the molecule is O=C1CCCC[C@H]1Sc1nnc(-c2ccccc2Cl)n1-c1ccccc1F. The molecule has 0 N–H and O–H groups in total. The zero-order valence-electron chi connectivity index (χ0n) is 14.4. The van der Waals surface area contributed by atoms with Gasteiger partial charge in [-0.1, -0.05) is 54.0 Å². The topological polar surface area (TPSA) is 47.8 Å². The van der Waals surface area contributed by atoms with E-state index in [0.29, 0.717) is 33.7 Å². The Labute approximate surface area is 165 Å². The summed E-state index contributed by atoms with van der Waals surface area (Å²) in [5.41, 5.74) is 1.000. The highest BCUT2D eigenvalue weighted by Gasteiger charge is 2.27. The molecule has 0 bridgehead atoms. The molecule has 4 nitrogen and oxygen atoms in total. The van der Waals surface area contributed by atoms with Crippen LogP contribution in [0, 0.1) is 5.82 Å². The standard InChI is InChI=1S/C20H17ClFN3OS/c21-14-8-2-1-7-13(14)19-23-24-20(27-18-12-6-5-11-17(18)26)25(19)16-10-4-3-9-15(16)22/h1-4,7-10,18H,5-6,11-12H2/t18-/m1/s1. The Bertz CT molecular complexity index is 991. The van der Waals surface area contributed by atoms with Crippen molar-refractivity contribution in [1.29, 1.82) is 0 Å². The summed E-state index contributed by atoms with van der Waals surface area (Å²) in [4.78, 5) is 12.3. The third kappa shape index (κ3) is 3.64. The summed E-state index contributed by atoms with van der Waals surface area (Å²) < 4.78 is 16.3. The van der Waals surface area contributed by atoms with E-state index in [1.54, 1.807) is 28.8 Å². The Morgan fingerprint density at radius 1 is 1.07 bits per heavy atom. The zero-order valence-corrected chi connectivity index (χ0v) is 16.0. The fourth-order valence-corrected chi connectivity index (χ4v) is 4.60. The number of carbonyl (C=O) groups is 1. The predicted molar refractivity (Wildman–Crippen MR) is 105 cm³/mol. The first-order valence-corrected chi connectivity index (χ1v) is 10.1. The first-order chi connectivity index (χ1) is 13.1. The lowest BCUT2D eigenvalue weighted by molar-refractivity contribution is -0.119. The van der Waals surface area contributed by atoms with Crippen molar-refractivity contribution in [1.82, 2.24) is 14.8 Å². The Kier molecular flexibility index (Phi) is 5.27. The van der Waals surface area contributed by atoms with Crippen molar-refractivity contribution in [2.24, 2.45) is 0 Å². The number of rotatable bonds is 4. The highest BCUT2D eigenvalue weighted by molar-refractivity contribution is 8.00. The quantitative estimate of drug-likeness (QED) is 0.592. The number of Topliss-reactive ketones (excluding diaryl/α,β-unsaturated/α-hetero) is 1. The van der Waals surface area contributed by atoms with Gasteiger partial charge in [0.05, 0.1) is 16.0 Å². The summed E-state index contributed by atoms with van der Waals surface area (Å²) >= 11 is 7.70. The lowest BCUT2D eigenvalue weighted by Crippen LogP contribution is -2.21. The Morgan fingerprint density at radius 2 is 1.85 bits per heavy atom. The van der Waals surface area contributed by atoms with Crippen LogP contribution in [0.3, 0.4) is 0 Å². The van der Waals surface area contributed by atoms with Crippen molar-refractivity contribution in [3.63, 3.8) is 0 Å². The normalized spacial score (nSPS) is 17.3. The summed E-state index contributed by atoms with van der Waals surface area (Å²) in [6.45, 7) is 0. The minimum Gasteiger partial charge on any atom is -0.298 e. The monoisotopic (exact) mass is 401 g/mol. The van der Waals surface area contributed by atoms with E-state index in [-0.39, 0.29) is 16.9 Å². The number of halogens is 2. The van der Waals surface area contributed by atoms with E-state index in [1.165, 1.54) is 17.8 Å². The predicted octanol–water partition coefficient (Wildman–Crippen LogP) is 5.33. The highest BCUT2D eigenvalue weighted by Crippen LogP contribution is 2.36. The third-order valence-electron chi connectivity index (χ3n) is 4.59. The molecular weight excluding hydrogens is 385 g/mol. The van der Waals surface area contributed by atoms with Crippen LogP contribution in [0.2, 0.25) is 5.02 Å². The van der Waals surface area contributed by atoms with E-state index in [2.05, 4.69) is 10.2 Å². The van der Waals surface area contributed by atoms with E-state index in [0.717, 1.165) is 19.3 Å². The minimum atomic E-state index is -0.387. The summed E-state index contributed by atoms with van der Waals surface area (Å²) in [7, 11) is 0. The molecule has 0 radical (unpaired) electrons. The van der Waals surface area contributed by atoms with Crippen LogP contribution in [0.15, 0.2) is 53.7 Å². The fraction of sp³-hybridized carbons (Fsp3) is 0.250. The number of carbonyl (C=O) groups excluding carboxylic acids is 1. The summed E-state index contributed by atoms with van der Waals surface area (Å²) in [6, 6.07) is 13.7. The van der Waals surface area contributed by atoms with Crippen LogP contribution in [-0.4, -0.2) is 25.8 Å². The van der Waals surface area contributed by atoms with Crippen LogP contribution in [0.25, 0.3) is 17.1 Å². The van der Waals surface area contributed by atoms with E-state index >= 15 is 0 Å². The molecule has 0 amide bonds. The van der Waals surface area contributed by atoms with Gasteiger partial charge in [0.15, 0.2) is 11.0 Å².